The van der Waals surface area contributed by atoms with E-state index in [9.17, 15) is 0 Å². The van der Waals surface area contributed by atoms with Gasteiger partial charge in [0.2, 0.25) is 0 Å². The van der Waals surface area contributed by atoms with Gasteiger partial charge in [-0.25, -0.2) is 0 Å². The Hall–Kier alpha value is -0.470. The van der Waals surface area contributed by atoms with Crippen molar-refractivity contribution in [1.82, 2.24) is 4.90 Å². The highest BCUT2D eigenvalue weighted by Gasteiger charge is 2.36. The van der Waals surface area contributed by atoms with Crippen LogP contribution in [-0.4, -0.2) is 29.8 Å². The first-order chi connectivity index (χ1) is 10.3. The quantitative estimate of drug-likeness (QED) is 0.775. The maximum atomic E-state index is 2.75. The summed E-state index contributed by atoms with van der Waals surface area (Å²) in [5.74, 6) is 0. The van der Waals surface area contributed by atoms with Crippen molar-refractivity contribution in [3.8, 4) is 0 Å². The summed E-state index contributed by atoms with van der Waals surface area (Å²) in [5.41, 5.74) is 2.33. The van der Waals surface area contributed by atoms with Gasteiger partial charge in [0.1, 0.15) is 0 Å². The van der Waals surface area contributed by atoms with E-state index in [0.29, 0.717) is 0 Å². The number of benzene rings is 1. The molecule has 1 spiro atoms. The molecule has 2 heteroatoms. The molecular weight excluding hydrogens is 274 g/mol. The highest BCUT2D eigenvalue weighted by Crippen LogP contribution is 2.45. The summed E-state index contributed by atoms with van der Waals surface area (Å²) in [7, 11) is 0. The van der Waals surface area contributed by atoms with E-state index in [1.807, 2.05) is 0 Å². The smallest absolute Gasteiger partial charge is 0.0263 e. The number of fused-ring (bicyclic) bond motifs is 1. The van der Waals surface area contributed by atoms with Crippen LogP contribution < -0.4 is 0 Å². The maximum Gasteiger partial charge on any atom is 0.0263 e. The van der Waals surface area contributed by atoms with Crippen molar-refractivity contribution in [2.24, 2.45) is 5.41 Å². The summed E-state index contributed by atoms with van der Waals surface area (Å²) < 4.78 is 0. The van der Waals surface area contributed by atoms with Crippen LogP contribution in [0.2, 0.25) is 0 Å². The number of hydrogen-bond donors (Lipinski definition) is 0. The monoisotopic (exact) mass is 301 g/mol. The van der Waals surface area contributed by atoms with Gasteiger partial charge >= 0.3 is 0 Å². The van der Waals surface area contributed by atoms with Gasteiger partial charge in [0.15, 0.2) is 0 Å². The minimum absolute atomic E-state index is 0.751. The van der Waals surface area contributed by atoms with E-state index in [1.54, 1.807) is 5.56 Å². The highest BCUT2D eigenvalue weighted by atomic mass is 32.2. The van der Waals surface area contributed by atoms with Crippen LogP contribution in [0.25, 0.3) is 0 Å². The molecule has 1 unspecified atom stereocenters. The van der Waals surface area contributed by atoms with Crippen molar-refractivity contribution in [1.29, 1.82) is 0 Å². The van der Waals surface area contributed by atoms with Crippen LogP contribution in [0.5, 0.6) is 0 Å². The summed E-state index contributed by atoms with van der Waals surface area (Å²) in [6, 6.07) is 8.99. The van der Waals surface area contributed by atoms with E-state index in [4.69, 9.17) is 0 Å². The Morgan fingerprint density at radius 1 is 1.00 bits per heavy atom. The Morgan fingerprint density at radius 3 is 2.52 bits per heavy atom. The van der Waals surface area contributed by atoms with Crippen LogP contribution in [0, 0.1) is 5.41 Å². The number of likely N-dealkylation sites (tertiary alicyclic amines) is 1. The zero-order chi connectivity index (χ0) is 14.1. The molecule has 1 aromatic rings. The van der Waals surface area contributed by atoms with Crippen molar-refractivity contribution in [2.75, 3.05) is 19.6 Å². The first-order valence-electron chi connectivity index (χ1n) is 8.80. The fraction of sp³-hybridized carbons (Fsp3) is 0.684. The summed E-state index contributed by atoms with van der Waals surface area (Å²) in [6.07, 6.45) is 11.7. The molecule has 0 bridgehead atoms. The van der Waals surface area contributed by atoms with Gasteiger partial charge < -0.3 is 4.90 Å². The predicted molar refractivity (Wildman–Crippen MR) is 91.0 cm³/mol. The standard InChI is InChI=1S/C19H27NS/c1-4-8-19(9-5-1)10-12-20(13-11-19)15-17-14-16-6-2-3-7-18(16)21-17/h2-3,6-7,17H,1,4-5,8-15H2. The predicted octanol–water partition coefficient (Wildman–Crippen LogP) is 4.75. The minimum atomic E-state index is 0.751. The minimum Gasteiger partial charge on any atom is -0.302 e. The molecule has 0 amide bonds. The molecule has 1 saturated heterocycles. The molecule has 2 fully saturated rings. The lowest BCUT2D eigenvalue weighted by Crippen LogP contribution is -2.43. The third kappa shape index (κ3) is 3.03. The molecule has 21 heavy (non-hydrogen) atoms. The molecule has 0 N–H and O–H groups in total. The number of rotatable bonds is 2. The zero-order valence-electron chi connectivity index (χ0n) is 13.0. The average molecular weight is 301 g/mol. The third-order valence-electron chi connectivity index (χ3n) is 6.01. The van der Waals surface area contributed by atoms with Crippen molar-refractivity contribution in [2.45, 2.75) is 61.5 Å². The molecule has 4 rings (SSSR count). The Bertz CT molecular complexity index is 457. The Labute approximate surface area is 133 Å². The molecule has 1 atom stereocenters. The van der Waals surface area contributed by atoms with Crippen molar-refractivity contribution >= 4 is 11.8 Å². The summed E-state index contributed by atoms with van der Waals surface area (Å²) in [5, 5.41) is 0.794. The largest absolute Gasteiger partial charge is 0.302 e. The molecule has 0 aromatic heterocycles. The van der Waals surface area contributed by atoms with E-state index in [1.165, 1.54) is 75.9 Å². The normalized spacial score (nSPS) is 28.7. The zero-order valence-corrected chi connectivity index (χ0v) is 13.8. The molecule has 0 radical (unpaired) electrons. The van der Waals surface area contributed by atoms with E-state index in [-0.39, 0.29) is 0 Å². The topological polar surface area (TPSA) is 3.24 Å². The van der Waals surface area contributed by atoms with E-state index in [0.717, 1.165) is 10.7 Å². The second-order valence-electron chi connectivity index (χ2n) is 7.41. The number of thioether (sulfide) groups is 1. The lowest BCUT2D eigenvalue weighted by Gasteiger charge is -2.44. The van der Waals surface area contributed by atoms with Gasteiger partial charge in [0.25, 0.3) is 0 Å². The maximum absolute atomic E-state index is 2.75. The third-order valence-corrected chi connectivity index (χ3v) is 7.31. The van der Waals surface area contributed by atoms with Crippen molar-refractivity contribution in [3.05, 3.63) is 29.8 Å². The molecular formula is C19H27NS. The Morgan fingerprint density at radius 2 is 1.76 bits per heavy atom. The molecule has 1 aromatic carbocycles. The Kier molecular flexibility index (Phi) is 4.02. The van der Waals surface area contributed by atoms with E-state index < -0.39 is 0 Å². The van der Waals surface area contributed by atoms with Gasteiger partial charge in [0.05, 0.1) is 0 Å². The molecule has 1 nitrogen and oxygen atoms in total. The fourth-order valence-electron chi connectivity index (χ4n) is 4.66. The first-order valence-corrected chi connectivity index (χ1v) is 9.68. The lowest BCUT2D eigenvalue weighted by atomic mass is 9.68. The van der Waals surface area contributed by atoms with Gasteiger partial charge in [-0.3, -0.25) is 0 Å². The summed E-state index contributed by atoms with van der Waals surface area (Å²) >= 11 is 2.12. The average Bonchev–Trinajstić information content (AvgIpc) is 2.93. The fourth-order valence-corrected chi connectivity index (χ4v) is 6.02. The molecule has 1 aliphatic carbocycles. The van der Waals surface area contributed by atoms with Crippen LogP contribution in [0.3, 0.4) is 0 Å². The first kappa shape index (κ1) is 14.1. The number of piperidine rings is 1. The highest BCUT2D eigenvalue weighted by molar-refractivity contribution is 8.00. The van der Waals surface area contributed by atoms with E-state index in [2.05, 4.69) is 40.9 Å². The molecule has 2 aliphatic heterocycles. The van der Waals surface area contributed by atoms with Crippen LogP contribution in [-0.2, 0) is 6.42 Å². The van der Waals surface area contributed by atoms with E-state index >= 15 is 0 Å². The molecule has 1 saturated carbocycles. The number of hydrogen-bond acceptors (Lipinski definition) is 2. The second-order valence-corrected chi connectivity index (χ2v) is 8.76. The second kappa shape index (κ2) is 5.96. The summed E-state index contributed by atoms with van der Waals surface area (Å²) in [4.78, 5) is 4.28. The van der Waals surface area contributed by atoms with Crippen LogP contribution in [0.15, 0.2) is 29.2 Å². The molecule has 3 aliphatic rings. The van der Waals surface area contributed by atoms with Crippen LogP contribution in [0.4, 0.5) is 0 Å². The lowest BCUT2D eigenvalue weighted by molar-refractivity contribution is 0.0682. The molecule has 114 valence electrons. The number of nitrogens with zero attached hydrogens (tertiary/aromatic N) is 1. The summed E-state index contributed by atoms with van der Waals surface area (Å²) in [6.45, 7) is 4.01. The Balaban J connectivity index is 1.30. The van der Waals surface area contributed by atoms with Crippen molar-refractivity contribution < 1.29 is 0 Å². The van der Waals surface area contributed by atoms with Gasteiger partial charge in [-0.05, 0) is 62.2 Å². The SMILES string of the molecule is c1ccc2c(c1)CC(CN1CCC3(CCCCC3)CC1)S2. The van der Waals surface area contributed by atoms with Crippen LogP contribution >= 0.6 is 11.8 Å². The van der Waals surface area contributed by atoms with Gasteiger partial charge in [-0.15, -0.1) is 11.8 Å². The molecule has 2 heterocycles. The van der Waals surface area contributed by atoms with Crippen LogP contribution in [0.1, 0.15) is 50.5 Å². The van der Waals surface area contributed by atoms with Gasteiger partial charge in [-0.2, -0.15) is 0 Å². The van der Waals surface area contributed by atoms with Gasteiger partial charge in [-0.1, -0.05) is 37.5 Å². The van der Waals surface area contributed by atoms with Gasteiger partial charge in [0, 0.05) is 16.7 Å². The van der Waals surface area contributed by atoms with Crippen molar-refractivity contribution in [3.63, 3.8) is 0 Å².